The van der Waals surface area contributed by atoms with Gasteiger partial charge in [0.2, 0.25) is 0 Å². The number of rotatable bonds is 3. The van der Waals surface area contributed by atoms with E-state index in [4.69, 9.17) is 5.73 Å². The fraction of sp³-hybridized carbons (Fsp3) is 0.667. The molecule has 0 bridgehead atoms. The van der Waals surface area contributed by atoms with E-state index < -0.39 is 14.7 Å². The molecule has 0 spiro atoms. The van der Waals surface area contributed by atoms with E-state index in [1.165, 1.54) is 6.08 Å². The van der Waals surface area contributed by atoms with Crippen LogP contribution in [0.3, 0.4) is 0 Å². The second-order valence-electron chi connectivity index (χ2n) is 2.28. The van der Waals surface area contributed by atoms with Crippen LogP contribution in [0.25, 0.3) is 0 Å². The van der Waals surface area contributed by atoms with Gasteiger partial charge in [-0.25, -0.2) is 8.42 Å². The quantitative estimate of drug-likeness (QED) is 0.608. The van der Waals surface area contributed by atoms with Crippen LogP contribution < -0.4 is 5.73 Å². The molecule has 10 heavy (non-hydrogen) atoms. The van der Waals surface area contributed by atoms with Gasteiger partial charge in [0.25, 0.3) is 0 Å². The Labute approximate surface area is 61.8 Å². The van der Waals surface area contributed by atoms with Crippen LogP contribution in [0.1, 0.15) is 13.3 Å². The smallest absolute Gasteiger partial charge is 0.169 e. The van der Waals surface area contributed by atoms with Crippen molar-refractivity contribution in [1.29, 1.82) is 0 Å². The molecule has 1 unspecified atom stereocenters. The molecule has 1 atom stereocenters. The standard InChI is InChI=1S/C6H13NO2S/c1-4-6(7,5-2)10(3,8)9/h4H,1,5,7H2,2-3H3. The van der Waals surface area contributed by atoms with Gasteiger partial charge in [0.05, 0.1) is 0 Å². The Balaban J connectivity index is 4.86. The van der Waals surface area contributed by atoms with Crippen LogP contribution in [-0.2, 0) is 9.84 Å². The van der Waals surface area contributed by atoms with Crippen LogP contribution in [0.5, 0.6) is 0 Å². The van der Waals surface area contributed by atoms with Gasteiger partial charge in [0.1, 0.15) is 4.87 Å². The zero-order valence-corrected chi connectivity index (χ0v) is 7.11. The molecule has 0 rings (SSSR count). The van der Waals surface area contributed by atoms with Crippen molar-refractivity contribution in [3.8, 4) is 0 Å². The summed E-state index contributed by atoms with van der Waals surface area (Å²) in [5.41, 5.74) is 5.47. The summed E-state index contributed by atoms with van der Waals surface area (Å²) in [6.07, 6.45) is 2.73. The highest BCUT2D eigenvalue weighted by atomic mass is 32.2. The van der Waals surface area contributed by atoms with Crippen molar-refractivity contribution in [1.82, 2.24) is 0 Å². The van der Waals surface area contributed by atoms with Crippen molar-refractivity contribution in [2.45, 2.75) is 18.2 Å². The van der Waals surface area contributed by atoms with E-state index in [1.807, 2.05) is 0 Å². The van der Waals surface area contributed by atoms with Crippen molar-refractivity contribution in [2.24, 2.45) is 5.73 Å². The van der Waals surface area contributed by atoms with Crippen molar-refractivity contribution in [2.75, 3.05) is 6.26 Å². The highest BCUT2D eigenvalue weighted by Crippen LogP contribution is 2.14. The SMILES string of the molecule is C=CC(N)(CC)S(C)(=O)=O. The highest BCUT2D eigenvalue weighted by Gasteiger charge is 2.30. The Bertz CT molecular complexity index is 220. The number of sulfone groups is 1. The Morgan fingerprint density at radius 2 is 2.10 bits per heavy atom. The Morgan fingerprint density at radius 1 is 1.70 bits per heavy atom. The molecule has 0 heterocycles. The van der Waals surface area contributed by atoms with Crippen LogP contribution >= 0.6 is 0 Å². The molecule has 0 saturated carbocycles. The van der Waals surface area contributed by atoms with Crippen LogP contribution in [0.15, 0.2) is 12.7 Å². The molecule has 0 aromatic carbocycles. The summed E-state index contributed by atoms with van der Waals surface area (Å²) >= 11 is 0. The van der Waals surface area contributed by atoms with E-state index in [0.717, 1.165) is 6.26 Å². The van der Waals surface area contributed by atoms with E-state index in [2.05, 4.69) is 6.58 Å². The average molecular weight is 163 g/mol. The monoisotopic (exact) mass is 163 g/mol. The van der Waals surface area contributed by atoms with Gasteiger partial charge in [0.15, 0.2) is 9.84 Å². The minimum absolute atomic E-state index is 0.356. The molecule has 3 nitrogen and oxygen atoms in total. The summed E-state index contributed by atoms with van der Waals surface area (Å²) < 4.78 is 21.8. The molecule has 0 aliphatic rings. The zero-order chi connectivity index (χ0) is 8.41. The summed E-state index contributed by atoms with van der Waals surface area (Å²) in [6, 6.07) is 0. The maximum Gasteiger partial charge on any atom is 0.169 e. The van der Waals surface area contributed by atoms with Gasteiger partial charge in [-0.2, -0.15) is 0 Å². The first-order chi connectivity index (χ1) is 4.37. The van der Waals surface area contributed by atoms with Crippen LogP contribution in [-0.4, -0.2) is 19.5 Å². The van der Waals surface area contributed by atoms with Crippen molar-refractivity contribution in [3.05, 3.63) is 12.7 Å². The van der Waals surface area contributed by atoms with Crippen LogP contribution in [0, 0.1) is 0 Å². The van der Waals surface area contributed by atoms with Gasteiger partial charge >= 0.3 is 0 Å². The van der Waals surface area contributed by atoms with Gasteiger partial charge in [-0.15, -0.1) is 6.58 Å². The minimum atomic E-state index is -3.20. The molecule has 60 valence electrons. The Morgan fingerprint density at radius 3 is 2.10 bits per heavy atom. The molecule has 0 aromatic heterocycles. The fourth-order valence-electron chi connectivity index (χ4n) is 0.558. The molecular weight excluding hydrogens is 150 g/mol. The third-order valence-corrected chi connectivity index (χ3v) is 3.42. The fourth-order valence-corrected chi connectivity index (χ4v) is 1.39. The lowest BCUT2D eigenvalue weighted by molar-refractivity contribution is 0.556. The number of nitrogens with two attached hydrogens (primary N) is 1. The van der Waals surface area contributed by atoms with Gasteiger partial charge < -0.3 is 5.73 Å². The molecule has 0 amide bonds. The van der Waals surface area contributed by atoms with Crippen molar-refractivity contribution < 1.29 is 8.42 Å². The van der Waals surface area contributed by atoms with Crippen molar-refractivity contribution >= 4 is 9.84 Å². The summed E-state index contributed by atoms with van der Waals surface area (Å²) in [5, 5.41) is 0. The molecule has 0 radical (unpaired) electrons. The summed E-state index contributed by atoms with van der Waals surface area (Å²) in [5.74, 6) is 0. The van der Waals surface area contributed by atoms with E-state index in [-0.39, 0.29) is 0 Å². The van der Waals surface area contributed by atoms with E-state index in [9.17, 15) is 8.42 Å². The highest BCUT2D eigenvalue weighted by molar-refractivity contribution is 7.92. The molecule has 0 saturated heterocycles. The van der Waals surface area contributed by atoms with Gasteiger partial charge in [0, 0.05) is 6.26 Å². The predicted molar refractivity (Wildman–Crippen MR) is 42.3 cm³/mol. The molecule has 0 aliphatic heterocycles. The minimum Gasteiger partial charge on any atom is -0.309 e. The van der Waals surface area contributed by atoms with Gasteiger partial charge in [-0.05, 0) is 6.42 Å². The second kappa shape index (κ2) is 2.72. The third-order valence-electron chi connectivity index (χ3n) is 1.59. The molecule has 4 heteroatoms. The normalized spacial score (nSPS) is 17.9. The first-order valence-electron chi connectivity index (χ1n) is 2.99. The van der Waals surface area contributed by atoms with Crippen LogP contribution in [0.2, 0.25) is 0 Å². The maximum absolute atomic E-state index is 10.9. The average Bonchev–Trinajstić information content (AvgIpc) is 1.84. The lowest BCUT2D eigenvalue weighted by atomic mass is 10.2. The van der Waals surface area contributed by atoms with Gasteiger partial charge in [-0.3, -0.25) is 0 Å². The summed E-state index contributed by atoms with van der Waals surface area (Å²) in [7, 11) is -3.20. The molecule has 2 N–H and O–H groups in total. The van der Waals surface area contributed by atoms with Gasteiger partial charge in [-0.1, -0.05) is 13.0 Å². The molecule has 0 aliphatic carbocycles. The maximum atomic E-state index is 10.9. The van der Waals surface area contributed by atoms with E-state index >= 15 is 0 Å². The predicted octanol–water partition coefficient (Wildman–Crippen LogP) is 0.282. The molecular formula is C6H13NO2S. The Kier molecular flexibility index (Phi) is 2.62. The number of hydrogen-bond donors (Lipinski definition) is 1. The first-order valence-corrected chi connectivity index (χ1v) is 4.88. The van der Waals surface area contributed by atoms with Crippen molar-refractivity contribution in [3.63, 3.8) is 0 Å². The summed E-state index contributed by atoms with van der Waals surface area (Å²) in [6.45, 7) is 5.08. The number of hydrogen-bond acceptors (Lipinski definition) is 3. The Hall–Kier alpha value is -0.350. The topological polar surface area (TPSA) is 60.2 Å². The molecule has 0 fully saturated rings. The molecule has 0 aromatic rings. The lowest BCUT2D eigenvalue weighted by Crippen LogP contribution is -2.44. The summed E-state index contributed by atoms with van der Waals surface area (Å²) in [4.78, 5) is -1.24. The third kappa shape index (κ3) is 1.58. The lowest BCUT2D eigenvalue weighted by Gasteiger charge is -2.20. The van der Waals surface area contributed by atoms with E-state index in [1.54, 1.807) is 6.92 Å². The zero-order valence-electron chi connectivity index (χ0n) is 6.29. The van der Waals surface area contributed by atoms with E-state index in [0.29, 0.717) is 6.42 Å². The largest absolute Gasteiger partial charge is 0.309 e. The van der Waals surface area contributed by atoms with Crippen LogP contribution in [0.4, 0.5) is 0 Å². The first kappa shape index (κ1) is 9.65. The second-order valence-corrected chi connectivity index (χ2v) is 4.59.